The fourth-order valence-corrected chi connectivity index (χ4v) is 2.59. The number of nitrogens with one attached hydrogen (secondary N) is 1. The fourth-order valence-electron chi connectivity index (χ4n) is 1.42. The Bertz CT molecular complexity index is 510. The molecule has 90 valence electrons. The first-order valence-electron chi connectivity index (χ1n) is 5.49. The van der Waals surface area contributed by atoms with Gasteiger partial charge in [0.2, 0.25) is 0 Å². The molecule has 0 atom stereocenters. The maximum Gasteiger partial charge on any atom is 0.140 e. The molecule has 0 aliphatic rings. The van der Waals surface area contributed by atoms with Crippen molar-refractivity contribution < 1.29 is 0 Å². The molecule has 0 saturated carbocycles. The molecule has 0 aromatic carbocycles. The molecule has 2 aromatic heterocycles. The van der Waals surface area contributed by atoms with Crippen LogP contribution in [-0.4, -0.2) is 9.97 Å². The summed E-state index contributed by atoms with van der Waals surface area (Å²) in [5.41, 5.74) is 1.18. The third-order valence-electron chi connectivity index (χ3n) is 2.44. The van der Waals surface area contributed by atoms with Gasteiger partial charge in [0, 0.05) is 17.3 Å². The largest absolute Gasteiger partial charge is 0.363 e. The number of thiazole rings is 1. The van der Waals surface area contributed by atoms with E-state index in [-0.39, 0.29) is 0 Å². The zero-order chi connectivity index (χ0) is 12.3. The van der Waals surface area contributed by atoms with Gasteiger partial charge in [-0.25, -0.2) is 9.97 Å². The van der Waals surface area contributed by atoms with Gasteiger partial charge in [-0.3, -0.25) is 0 Å². The molecular formula is C12H14BrN3S. The van der Waals surface area contributed by atoms with Crippen LogP contribution in [0, 0.1) is 6.92 Å². The monoisotopic (exact) mass is 311 g/mol. The second-order valence-corrected chi connectivity index (χ2v) is 5.71. The highest BCUT2D eigenvalue weighted by Crippen LogP contribution is 2.24. The Hall–Kier alpha value is -0.940. The van der Waals surface area contributed by atoms with Crippen molar-refractivity contribution >= 4 is 33.1 Å². The van der Waals surface area contributed by atoms with E-state index < -0.39 is 0 Å². The molecule has 0 unspecified atom stereocenters. The molecule has 0 radical (unpaired) electrons. The minimum absolute atomic E-state index is 0.722. The van der Waals surface area contributed by atoms with Crippen LogP contribution in [0.3, 0.4) is 0 Å². The highest BCUT2D eigenvalue weighted by Gasteiger charge is 2.05. The SMILES string of the molecule is CCc1cnc(CNc2nccc(C)c2Br)s1. The third-order valence-corrected chi connectivity index (χ3v) is 4.58. The molecule has 0 amide bonds. The highest BCUT2D eigenvalue weighted by molar-refractivity contribution is 9.10. The van der Waals surface area contributed by atoms with Crippen LogP contribution in [-0.2, 0) is 13.0 Å². The lowest BCUT2D eigenvalue weighted by atomic mass is 10.3. The van der Waals surface area contributed by atoms with E-state index in [0.29, 0.717) is 0 Å². The van der Waals surface area contributed by atoms with Crippen molar-refractivity contribution in [3.05, 3.63) is 38.4 Å². The van der Waals surface area contributed by atoms with Gasteiger partial charge in [-0.05, 0) is 40.9 Å². The van der Waals surface area contributed by atoms with Gasteiger partial charge in [-0.1, -0.05) is 6.92 Å². The maximum absolute atomic E-state index is 4.37. The van der Waals surface area contributed by atoms with Crippen molar-refractivity contribution in [1.29, 1.82) is 0 Å². The van der Waals surface area contributed by atoms with E-state index in [4.69, 9.17) is 0 Å². The first kappa shape index (κ1) is 12.5. The predicted molar refractivity (Wildman–Crippen MR) is 75.5 cm³/mol. The van der Waals surface area contributed by atoms with Crippen molar-refractivity contribution in [2.45, 2.75) is 26.8 Å². The van der Waals surface area contributed by atoms with E-state index in [2.05, 4.69) is 45.1 Å². The van der Waals surface area contributed by atoms with Crippen molar-refractivity contribution in [1.82, 2.24) is 9.97 Å². The summed E-state index contributed by atoms with van der Waals surface area (Å²) >= 11 is 5.28. The molecule has 3 nitrogen and oxygen atoms in total. The fraction of sp³-hybridized carbons (Fsp3) is 0.333. The summed E-state index contributed by atoms with van der Waals surface area (Å²) in [6.07, 6.45) is 4.80. The third kappa shape index (κ3) is 3.04. The van der Waals surface area contributed by atoms with Crippen LogP contribution in [0.1, 0.15) is 22.4 Å². The molecule has 0 spiro atoms. The average molecular weight is 312 g/mol. The lowest BCUT2D eigenvalue weighted by Gasteiger charge is -2.07. The summed E-state index contributed by atoms with van der Waals surface area (Å²) in [5, 5.41) is 4.39. The molecule has 5 heteroatoms. The molecule has 0 saturated heterocycles. The Morgan fingerprint density at radius 1 is 1.41 bits per heavy atom. The number of nitrogens with zero attached hydrogens (tertiary/aromatic N) is 2. The zero-order valence-corrected chi connectivity index (χ0v) is 12.2. The first-order chi connectivity index (χ1) is 8.20. The predicted octanol–water partition coefficient (Wildman–Crippen LogP) is 3.78. The Morgan fingerprint density at radius 2 is 2.24 bits per heavy atom. The number of rotatable bonds is 4. The molecule has 0 fully saturated rings. The lowest BCUT2D eigenvalue weighted by molar-refractivity contribution is 1.06. The standard InChI is InChI=1S/C12H14BrN3S/c1-3-9-6-15-10(17-9)7-16-12-11(13)8(2)4-5-14-12/h4-6H,3,7H2,1-2H3,(H,14,16). The second kappa shape index (κ2) is 5.60. The van der Waals surface area contributed by atoms with E-state index in [0.717, 1.165) is 28.3 Å². The van der Waals surface area contributed by atoms with Crippen LogP contribution in [0.2, 0.25) is 0 Å². The van der Waals surface area contributed by atoms with Gasteiger partial charge in [0.25, 0.3) is 0 Å². The topological polar surface area (TPSA) is 37.8 Å². The van der Waals surface area contributed by atoms with E-state index in [9.17, 15) is 0 Å². The van der Waals surface area contributed by atoms with Crippen LogP contribution < -0.4 is 5.32 Å². The molecule has 0 aliphatic carbocycles. The number of hydrogen-bond donors (Lipinski definition) is 1. The number of halogens is 1. The van der Waals surface area contributed by atoms with Crippen LogP contribution in [0.5, 0.6) is 0 Å². The summed E-state index contributed by atoms with van der Waals surface area (Å²) in [7, 11) is 0. The van der Waals surface area contributed by atoms with Gasteiger partial charge in [-0.15, -0.1) is 11.3 Å². The number of hydrogen-bond acceptors (Lipinski definition) is 4. The Morgan fingerprint density at radius 3 is 2.94 bits per heavy atom. The van der Waals surface area contributed by atoms with Crippen molar-refractivity contribution in [3.63, 3.8) is 0 Å². The van der Waals surface area contributed by atoms with Crippen molar-refractivity contribution in [3.8, 4) is 0 Å². The summed E-state index contributed by atoms with van der Waals surface area (Å²) in [6, 6.07) is 1.98. The smallest absolute Gasteiger partial charge is 0.140 e. The summed E-state index contributed by atoms with van der Waals surface area (Å²) in [6.45, 7) is 4.92. The molecule has 2 rings (SSSR count). The van der Waals surface area contributed by atoms with Gasteiger partial charge in [0.1, 0.15) is 10.8 Å². The molecule has 0 bridgehead atoms. The molecule has 2 heterocycles. The first-order valence-corrected chi connectivity index (χ1v) is 7.10. The van der Waals surface area contributed by atoms with Crippen molar-refractivity contribution in [2.24, 2.45) is 0 Å². The van der Waals surface area contributed by atoms with Gasteiger partial charge < -0.3 is 5.32 Å². The van der Waals surface area contributed by atoms with Gasteiger partial charge in [-0.2, -0.15) is 0 Å². The summed E-state index contributed by atoms with van der Waals surface area (Å²) < 4.78 is 1.02. The number of aromatic nitrogens is 2. The van der Waals surface area contributed by atoms with E-state index in [1.165, 1.54) is 10.4 Å². The molecule has 2 aromatic rings. The van der Waals surface area contributed by atoms with Crippen LogP contribution in [0.15, 0.2) is 22.9 Å². The summed E-state index contributed by atoms with van der Waals surface area (Å²) in [5.74, 6) is 0.873. The number of anilines is 1. The van der Waals surface area contributed by atoms with Gasteiger partial charge >= 0.3 is 0 Å². The number of aryl methyl sites for hydroxylation is 2. The normalized spacial score (nSPS) is 10.5. The van der Waals surface area contributed by atoms with E-state index in [1.54, 1.807) is 11.3 Å². The van der Waals surface area contributed by atoms with Gasteiger partial charge in [0.05, 0.1) is 11.0 Å². The molecule has 1 N–H and O–H groups in total. The quantitative estimate of drug-likeness (QED) is 0.933. The highest BCUT2D eigenvalue weighted by atomic mass is 79.9. The molecule has 17 heavy (non-hydrogen) atoms. The minimum Gasteiger partial charge on any atom is -0.363 e. The average Bonchev–Trinajstić information content (AvgIpc) is 2.79. The van der Waals surface area contributed by atoms with E-state index >= 15 is 0 Å². The molecular weight excluding hydrogens is 298 g/mol. The Balaban J connectivity index is 2.04. The summed E-state index contributed by atoms with van der Waals surface area (Å²) in [4.78, 5) is 9.98. The minimum atomic E-state index is 0.722. The molecule has 0 aliphatic heterocycles. The maximum atomic E-state index is 4.37. The van der Waals surface area contributed by atoms with Crippen molar-refractivity contribution in [2.75, 3.05) is 5.32 Å². The Kier molecular flexibility index (Phi) is 4.12. The number of pyridine rings is 1. The van der Waals surface area contributed by atoms with Crippen LogP contribution in [0.25, 0.3) is 0 Å². The van der Waals surface area contributed by atoms with Crippen LogP contribution in [0.4, 0.5) is 5.82 Å². The second-order valence-electron chi connectivity index (χ2n) is 3.72. The zero-order valence-electron chi connectivity index (χ0n) is 9.83. The lowest BCUT2D eigenvalue weighted by Crippen LogP contribution is -2.02. The van der Waals surface area contributed by atoms with Crippen LogP contribution >= 0.6 is 27.3 Å². The van der Waals surface area contributed by atoms with Gasteiger partial charge in [0.15, 0.2) is 0 Å². The van der Waals surface area contributed by atoms with E-state index in [1.807, 2.05) is 18.5 Å². The Labute approximate surface area is 113 Å².